The largest absolute Gasteiger partial charge is 0.0620 e. The molecule has 0 aromatic heterocycles. The average Bonchev–Trinajstić information content (AvgIpc) is 2.69. The van der Waals surface area contributed by atoms with E-state index in [1.54, 1.807) is 0 Å². The van der Waals surface area contributed by atoms with Gasteiger partial charge in [0, 0.05) is 0 Å². The second-order valence-electron chi connectivity index (χ2n) is 7.92. The van der Waals surface area contributed by atoms with Gasteiger partial charge < -0.3 is 0 Å². The van der Waals surface area contributed by atoms with Crippen molar-refractivity contribution < 1.29 is 0 Å². The lowest BCUT2D eigenvalue weighted by Crippen LogP contribution is -1.81. The lowest BCUT2D eigenvalue weighted by atomic mass is 10.0. The fourth-order valence-electron chi connectivity index (χ4n) is 3.30. The zero-order valence-corrected chi connectivity index (χ0v) is 19.0. The zero-order chi connectivity index (χ0) is 21.4. The SMILES string of the molecule is Cc1ccc(C)c(C)c1.Cc1cccc2cccc(C)c12.Cc1ccccc1C. The topological polar surface area (TPSA) is 0 Å². The third kappa shape index (κ3) is 6.61. The predicted octanol–water partition coefficient (Wildman–Crippen LogP) is 8.37. The molecule has 150 valence electrons. The normalized spacial score (nSPS) is 9.90. The first-order valence-electron chi connectivity index (χ1n) is 10.3. The molecular weight excluding hydrogens is 348 g/mol. The molecule has 0 atom stereocenters. The van der Waals surface area contributed by atoms with Crippen LogP contribution in [-0.2, 0) is 0 Å². The predicted molar refractivity (Wildman–Crippen MR) is 130 cm³/mol. The standard InChI is InChI=1S/C12H12.C9H12.C8H10/c1-9-5-3-7-11-8-4-6-10(2)12(9)11;1-7-4-5-8(2)9(3)6-7;1-7-5-3-4-6-8(7)2/h3-8H,1-2H3;4-6H,1-3H3;3-6H,1-2H3. The number of hydrogen-bond acceptors (Lipinski definition) is 0. The summed E-state index contributed by atoms with van der Waals surface area (Å²) in [5.74, 6) is 0. The number of aryl methyl sites for hydroxylation is 7. The molecule has 0 fully saturated rings. The monoisotopic (exact) mass is 382 g/mol. The molecule has 0 spiro atoms. The molecule has 0 nitrogen and oxygen atoms in total. The maximum Gasteiger partial charge on any atom is -0.0125 e. The van der Waals surface area contributed by atoms with Crippen LogP contribution in [0, 0.1) is 48.5 Å². The van der Waals surface area contributed by atoms with Gasteiger partial charge >= 0.3 is 0 Å². The van der Waals surface area contributed by atoms with Crippen LogP contribution in [0.25, 0.3) is 10.8 Å². The molecule has 0 saturated heterocycles. The van der Waals surface area contributed by atoms with Gasteiger partial charge in [0.05, 0.1) is 0 Å². The Morgan fingerprint density at radius 1 is 0.379 bits per heavy atom. The summed E-state index contributed by atoms with van der Waals surface area (Å²) in [7, 11) is 0. The Balaban J connectivity index is 0.000000160. The molecule has 0 aliphatic carbocycles. The second-order valence-corrected chi connectivity index (χ2v) is 7.92. The van der Waals surface area contributed by atoms with Crippen LogP contribution in [0.3, 0.4) is 0 Å². The molecule has 0 radical (unpaired) electrons. The lowest BCUT2D eigenvalue weighted by molar-refractivity contribution is 1.30. The van der Waals surface area contributed by atoms with E-state index in [9.17, 15) is 0 Å². The number of hydrogen-bond donors (Lipinski definition) is 0. The summed E-state index contributed by atoms with van der Waals surface area (Å²) >= 11 is 0. The van der Waals surface area contributed by atoms with E-state index < -0.39 is 0 Å². The molecule has 0 aliphatic heterocycles. The van der Waals surface area contributed by atoms with E-state index in [-0.39, 0.29) is 0 Å². The van der Waals surface area contributed by atoms with Crippen molar-refractivity contribution in [1.29, 1.82) is 0 Å². The van der Waals surface area contributed by atoms with E-state index in [1.807, 2.05) is 0 Å². The van der Waals surface area contributed by atoms with Gasteiger partial charge in [-0.05, 0) is 92.6 Å². The van der Waals surface area contributed by atoms with Crippen LogP contribution < -0.4 is 0 Å². The quantitative estimate of drug-likeness (QED) is 0.286. The molecular formula is C29H34. The van der Waals surface area contributed by atoms with Gasteiger partial charge in [-0.15, -0.1) is 0 Å². The van der Waals surface area contributed by atoms with Crippen molar-refractivity contribution in [1.82, 2.24) is 0 Å². The highest BCUT2D eigenvalue weighted by molar-refractivity contribution is 5.88. The van der Waals surface area contributed by atoms with Gasteiger partial charge in [-0.25, -0.2) is 0 Å². The molecule has 0 aliphatic rings. The van der Waals surface area contributed by atoms with Gasteiger partial charge in [-0.3, -0.25) is 0 Å². The van der Waals surface area contributed by atoms with Crippen LogP contribution in [-0.4, -0.2) is 0 Å². The van der Waals surface area contributed by atoms with Gasteiger partial charge in [-0.1, -0.05) is 84.4 Å². The first kappa shape index (κ1) is 22.4. The molecule has 0 amide bonds. The molecule has 4 aromatic rings. The Hall–Kier alpha value is -2.86. The highest BCUT2D eigenvalue weighted by atomic mass is 14.0. The first-order valence-corrected chi connectivity index (χ1v) is 10.3. The summed E-state index contributed by atoms with van der Waals surface area (Å²) < 4.78 is 0. The number of benzene rings is 4. The van der Waals surface area contributed by atoms with Gasteiger partial charge in [0.25, 0.3) is 0 Å². The Labute approximate surface area is 177 Å². The van der Waals surface area contributed by atoms with Crippen LogP contribution in [0.2, 0.25) is 0 Å². The van der Waals surface area contributed by atoms with E-state index in [2.05, 4.69) is 127 Å². The smallest absolute Gasteiger partial charge is 0.0125 e. The van der Waals surface area contributed by atoms with Gasteiger partial charge in [-0.2, -0.15) is 0 Å². The van der Waals surface area contributed by atoms with Crippen molar-refractivity contribution in [3.8, 4) is 0 Å². The van der Waals surface area contributed by atoms with Gasteiger partial charge in [0.15, 0.2) is 0 Å². The third-order valence-electron chi connectivity index (χ3n) is 5.41. The summed E-state index contributed by atoms with van der Waals surface area (Å²) in [6, 6.07) is 27.7. The van der Waals surface area contributed by atoms with Crippen LogP contribution in [0.1, 0.15) is 38.9 Å². The summed E-state index contributed by atoms with van der Waals surface area (Å²) in [5.41, 5.74) is 9.57. The molecule has 0 heteroatoms. The molecule has 29 heavy (non-hydrogen) atoms. The average molecular weight is 383 g/mol. The van der Waals surface area contributed by atoms with E-state index in [0.29, 0.717) is 0 Å². The van der Waals surface area contributed by atoms with Crippen molar-refractivity contribution in [2.24, 2.45) is 0 Å². The van der Waals surface area contributed by atoms with Gasteiger partial charge in [0.2, 0.25) is 0 Å². The summed E-state index contributed by atoms with van der Waals surface area (Å²) in [4.78, 5) is 0. The summed E-state index contributed by atoms with van der Waals surface area (Å²) in [6.07, 6.45) is 0. The van der Waals surface area contributed by atoms with Crippen LogP contribution in [0.4, 0.5) is 0 Å². The third-order valence-corrected chi connectivity index (χ3v) is 5.41. The molecule has 4 aromatic carbocycles. The minimum absolute atomic E-state index is 1.34. The zero-order valence-electron chi connectivity index (χ0n) is 19.0. The van der Waals surface area contributed by atoms with Crippen LogP contribution >= 0.6 is 0 Å². The Kier molecular flexibility index (Phi) is 8.21. The van der Waals surface area contributed by atoms with Crippen molar-refractivity contribution in [3.05, 3.63) is 118 Å². The lowest BCUT2D eigenvalue weighted by Gasteiger charge is -2.04. The molecule has 0 heterocycles. The fraction of sp³-hybridized carbons (Fsp3) is 0.241. The van der Waals surface area contributed by atoms with Gasteiger partial charge in [0.1, 0.15) is 0 Å². The molecule has 0 N–H and O–H groups in total. The highest BCUT2D eigenvalue weighted by Crippen LogP contribution is 2.21. The van der Waals surface area contributed by atoms with E-state index in [0.717, 1.165) is 0 Å². The molecule has 4 rings (SSSR count). The highest BCUT2D eigenvalue weighted by Gasteiger charge is 1.97. The van der Waals surface area contributed by atoms with Crippen molar-refractivity contribution in [2.75, 3.05) is 0 Å². The minimum atomic E-state index is 1.34. The van der Waals surface area contributed by atoms with Crippen molar-refractivity contribution in [3.63, 3.8) is 0 Å². The Bertz CT molecular complexity index is 1010. The van der Waals surface area contributed by atoms with Crippen LogP contribution in [0.5, 0.6) is 0 Å². The maximum absolute atomic E-state index is 2.20. The van der Waals surface area contributed by atoms with Crippen molar-refractivity contribution in [2.45, 2.75) is 48.5 Å². The van der Waals surface area contributed by atoms with Crippen molar-refractivity contribution >= 4 is 10.8 Å². The Morgan fingerprint density at radius 3 is 1.21 bits per heavy atom. The van der Waals surface area contributed by atoms with E-state index in [4.69, 9.17) is 0 Å². The number of rotatable bonds is 0. The minimum Gasteiger partial charge on any atom is -0.0620 e. The summed E-state index contributed by atoms with van der Waals surface area (Å²) in [5, 5.41) is 2.75. The van der Waals surface area contributed by atoms with E-state index >= 15 is 0 Å². The van der Waals surface area contributed by atoms with E-state index in [1.165, 1.54) is 49.7 Å². The fourth-order valence-corrected chi connectivity index (χ4v) is 3.30. The molecule has 0 bridgehead atoms. The maximum atomic E-state index is 2.20. The summed E-state index contributed by atoms with van der Waals surface area (Å²) in [6.45, 7) is 15.0. The number of fused-ring (bicyclic) bond motifs is 1. The van der Waals surface area contributed by atoms with Crippen LogP contribution in [0.15, 0.2) is 78.9 Å². The molecule has 0 saturated carbocycles. The molecule has 0 unspecified atom stereocenters. The Morgan fingerprint density at radius 2 is 0.828 bits per heavy atom. The second kappa shape index (κ2) is 10.6. The first-order chi connectivity index (χ1) is 13.8.